The van der Waals surface area contributed by atoms with Crippen LogP contribution in [-0.2, 0) is 0 Å². The van der Waals surface area contributed by atoms with Crippen LogP contribution < -0.4 is 10.6 Å². The van der Waals surface area contributed by atoms with E-state index in [-0.39, 0.29) is 5.91 Å². The number of aromatic amines is 1. The number of pyridine rings is 1. The molecule has 0 atom stereocenters. The van der Waals surface area contributed by atoms with Crippen molar-refractivity contribution in [3.63, 3.8) is 0 Å². The Morgan fingerprint density at radius 2 is 2.10 bits per heavy atom. The number of benzene rings is 1. The van der Waals surface area contributed by atoms with Gasteiger partial charge in [0, 0.05) is 18.9 Å². The van der Waals surface area contributed by atoms with Gasteiger partial charge < -0.3 is 10.3 Å². The lowest BCUT2D eigenvalue weighted by Crippen LogP contribution is -2.14. The van der Waals surface area contributed by atoms with E-state index in [4.69, 9.17) is 0 Å². The van der Waals surface area contributed by atoms with Crippen molar-refractivity contribution in [1.82, 2.24) is 15.0 Å². The molecule has 0 unspecified atom stereocenters. The second kappa shape index (κ2) is 5.00. The molecule has 0 fully saturated rings. The third kappa shape index (κ3) is 2.31. The second-order valence-electron chi connectivity index (χ2n) is 4.24. The molecule has 100 valence electrons. The number of carbonyl (C=O) groups is 1. The Bertz CT molecular complexity index is 732. The Morgan fingerprint density at radius 1 is 1.25 bits per heavy atom. The largest absolute Gasteiger partial charge is 0.388 e. The van der Waals surface area contributed by atoms with Crippen LogP contribution in [0.15, 0.2) is 42.6 Å². The molecule has 3 aromatic rings. The first kappa shape index (κ1) is 12.2. The number of anilines is 2. The maximum absolute atomic E-state index is 12.1. The first-order valence-corrected chi connectivity index (χ1v) is 6.16. The predicted molar refractivity (Wildman–Crippen MR) is 77.8 cm³/mol. The minimum atomic E-state index is -0.304. The summed E-state index contributed by atoms with van der Waals surface area (Å²) in [6.45, 7) is 0. The Balaban J connectivity index is 1.84. The predicted octanol–water partition coefficient (Wildman–Crippen LogP) is 2.25. The van der Waals surface area contributed by atoms with Crippen LogP contribution in [0.4, 0.5) is 11.6 Å². The van der Waals surface area contributed by atoms with E-state index in [0.29, 0.717) is 11.6 Å². The molecule has 0 aliphatic rings. The number of carbonyl (C=O) groups excluding carboxylic acids is 1. The maximum Gasteiger partial charge on any atom is 0.276 e. The van der Waals surface area contributed by atoms with Gasteiger partial charge in [-0.3, -0.25) is 15.1 Å². The molecule has 0 spiro atoms. The molecule has 1 amide bonds. The monoisotopic (exact) mass is 267 g/mol. The number of hydrogen-bond donors (Lipinski definition) is 3. The highest BCUT2D eigenvalue weighted by molar-refractivity contribution is 6.03. The molecule has 0 aliphatic carbocycles. The number of rotatable bonds is 3. The van der Waals surface area contributed by atoms with Gasteiger partial charge >= 0.3 is 0 Å². The number of imidazole rings is 1. The molecule has 1 aromatic carbocycles. The molecule has 0 bridgehead atoms. The first-order valence-electron chi connectivity index (χ1n) is 6.16. The second-order valence-corrected chi connectivity index (χ2v) is 4.24. The van der Waals surface area contributed by atoms with E-state index in [1.807, 2.05) is 24.3 Å². The number of nitrogens with one attached hydrogen (secondary N) is 3. The van der Waals surface area contributed by atoms with Crippen LogP contribution in [0.25, 0.3) is 11.0 Å². The van der Waals surface area contributed by atoms with Gasteiger partial charge in [0.05, 0.1) is 11.0 Å². The van der Waals surface area contributed by atoms with Crippen molar-refractivity contribution in [3.05, 3.63) is 48.3 Å². The summed E-state index contributed by atoms with van der Waals surface area (Å²) in [6.07, 6.45) is 1.58. The van der Waals surface area contributed by atoms with Gasteiger partial charge in [0.2, 0.25) is 5.95 Å². The normalized spacial score (nSPS) is 10.4. The van der Waals surface area contributed by atoms with E-state index in [0.717, 1.165) is 16.7 Å². The minimum Gasteiger partial charge on any atom is -0.388 e. The lowest BCUT2D eigenvalue weighted by Gasteiger charge is -2.03. The first-order chi connectivity index (χ1) is 9.76. The molecular weight excluding hydrogens is 254 g/mol. The SMILES string of the molecule is CNc1ccnc(C(=O)Nc2nc3ccccc3[nH]2)c1. The van der Waals surface area contributed by atoms with Crippen molar-refractivity contribution in [3.8, 4) is 0 Å². The van der Waals surface area contributed by atoms with Gasteiger partial charge in [0.25, 0.3) is 5.91 Å². The molecule has 2 heterocycles. The van der Waals surface area contributed by atoms with Crippen molar-refractivity contribution in [2.45, 2.75) is 0 Å². The summed E-state index contributed by atoms with van der Waals surface area (Å²) in [5.74, 6) is 0.106. The molecule has 2 aromatic heterocycles. The number of fused-ring (bicyclic) bond motifs is 1. The zero-order chi connectivity index (χ0) is 13.9. The van der Waals surface area contributed by atoms with Crippen LogP contribution >= 0.6 is 0 Å². The van der Waals surface area contributed by atoms with E-state index in [9.17, 15) is 4.79 Å². The highest BCUT2D eigenvalue weighted by atomic mass is 16.2. The lowest BCUT2D eigenvalue weighted by atomic mass is 10.3. The Hall–Kier alpha value is -2.89. The topological polar surface area (TPSA) is 82.7 Å². The Kier molecular flexibility index (Phi) is 3.04. The molecular formula is C14H13N5O. The third-order valence-electron chi connectivity index (χ3n) is 2.90. The maximum atomic E-state index is 12.1. The van der Waals surface area contributed by atoms with Crippen LogP contribution in [0.5, 0.6) is 0 Å². The van der Waals surface area contributed by atoms with Crippen molar-refractivity contribution < 1.29 is 4.79 Å². The zero-order valence-corrected chi connectivity index (χ0v) is 10.8. The van der Waals surface area contributed by atoms with E-state index in [1.54, 1.807) is 25.4 Å². The minimum absolute atomic E-state index is 0.304. The summed E-state index contributed by atoms with van der Waals surface area (Å²) in [6, 6.07) is 11.0. The van der Waals surface area contributed by atoms with Crippen LogP contribution in [-0.4, -0.2) is 27.9 Å². The van der Waals surface area contributed by atoms with E-state index in [2.05, 4.69) is 25.6 Å². The summed E-state index contributed by atoms with van der Waals surface area (Å²) in [5, 5.41) is 5.67. The van der Waals surface area contributed by atoms with Gasteiger partial charge in [-0.2, -0.15) is 0 Å². The van der Waals surface area contributed by atoms with Crippen molar-refractivity contribution >= 4 is 28.6 Å². The number of aromatic nitrogens is 3. The van der Waals surface area contributed by atoms with E-state index < -0.39 is 0 Å². The summed E-state index contributed by atoms with van der Waals surface area (Å²) in [7, 11) is 1.79. The zero-order valence-electron chi connectivity index (χ0n) is 10.8. The third-order valence-corrected chi connectivity index (χ3v) is 2.90. The number of para-hydroxylation sites is 2. The molecule has 0 saturated carbocycles. The number of hydrogen-bond acceptors (Lipinski definition) is 4. The fourth-order valence-electron chi connectivity index (χ4n) is 1.89. The van der Waals surface area contributed by atoms with E-state index in [1.165, 1.54) is 0 Å². The van der Waals surface area contributed by atoms with Gasteiger partial charge in [0.1, 0.15) is 5.69 Å². The molecule has 0 radical (unpaired) electrons. The fourth-order valence-corrected chi connectivity index (χ4v) is 1.89. The Morgan fingerprint density at radius 3 is 2.90 bits per heavy atom. The molecule has 6 heteroatoms. The van der Waals surface area contributed by atoms with Gasteiger partial charge in [-0.05, 0) is 24.3 Å². The highest BCUT2D eigenvalue weighted by Gasteiger charge is 2.10. The molecule has 20 heavy (non-hydrogen) atoms. The lowest BCUT2D eigenvalue weighted by molar-refractivity contribution is 0.102. The van der Waals surface area contributed by atoms with E-state index >= 15 is 0 Å². The summed E-state index contributed by atoms with van der Waals surface area (Å²) >= 11 is 0. The quantitative estimate of drug-likeness (QED) is 0.679. The smallest absolute Gasteiger partial charge is 0.276 e. The van der Waals surface area contributed by atoms with Crippen LogP contribution in [0.1, 0.15) is 10.5 Å². The summed E-state index contributed by atoms with van der Waals surface area (Å²) < 4.78 is 0. The molecule has 3 N–H and O–H groups in total. The van der Waals surface area contributed by atoms with Crippen molar-refractivity contribution in [2.24, 2.45) is 0 Å². The fraction of sp³-hybridized carbons (Fsp3) is 0.0714. The van der Waals surface area contributed by atoms with Gasteiger partial charge in [-0.15, -0.1) is 0 Å². The number of nitrogens with zero attached hydrogens (tertiary/aromatic N) is 2. The molecule has 3 rings (SSSR count). The summed E-state index contributed by atoms with van der Waals surface area (Å²) in [5.41, 5.74) is 2.84. The molecule has 0 aliphatic heterocycles. The summed E-state index contributed by atoms with van der Waals surface area (Å²) in [4.78, 5) is 23.5. The number of amides is 1. The van der Waals surface area contributed by atoms with Gasteiger partial charge in [-0.1, -0.05) is 12.1 Å². The Labute approximate surface area is 115 Å². The highest BCUT2D eigenvalue weighted by Crippen LogP contribution is 2.14. The van der Waals surface area contributed by atoms with Crippen LogP contribution in [0.3, 0.4) is 0 Å². The molecule has 6 nitrogen and oxygen atoms in total. The van der Waals surface area contributed by atoms with Crippen molar-refractivity contribution in [2.75, 3.05) is 17.7 Å². The van der Waals surface area contributed by atoms with Crippen LogP contribution in [0.2, 0.25) is 0 Å². The average Bonchev–Trinajstić information content (AvgIpc) is 2.89. The van der Waals surface area contributed by atoms with Gasteiger partial charge in [0.15, 0.2) is 0 Å². The molecule has 0 saturated heterocycles. The van der Waals surface area contributed by atoms with Crippen molar-refractivity contribution in [1.29, 1.82) is 0 Å². The standard InChI is InChI=1S/C14H13N5O/c1-15-9-6-7-16-12(8-9)13(20)19-14-17-10-4-2-3-5-11(10)18-14/h2-8H,1H3,(H,15,16)(H2,17,18,19,20). The average molecular weight is 267 g/mol. The van der Waals surface area contributed by atoms with Gasteiger partial charge in [-0.25, -0.2) is 4.98 Å². The van der Waals surface area contributed by atoms with Crippen LogP contribution in [0, 0.1) is 0 Å². The number of H-pyrrole nitrogens is 1.